The van der Waals surface area contributed by atoms with Gasteiger partial charge in [-0.15, -0.1) is 0 Å². The normalized spacial score (nSPS) is 16.5. The summed E-state index contributed by atoms with van der Waals surface area (Å²) in [7, 11) is 0. The molecule has 0 spiro atoms. The predicted molar refractivity (Wildman–Crippen MR) is 104 cm³/mol. The molecule has 0 radical (unpaired) electrons. The number of nitrogens with one attached hydrogen (secondary N) is 1. The van der Waals surface area contributed by atoms with Gasteiger partial charge in [0.1, 0.15) is 0 Å². The topological polar surface area (TPSA) is 64.6 Å². The van der Waals surface area contributed by atoms with Gasteiger partial charge in [0.25, 0.3) is 5.91 Å². The fraction of sp³-hybridized carbons (Fsp3) is 0.273. The van der Waals surface area contributed by atoms with Crippen molar-refractivity contribution in [2.75, 3.05) is 19.8 Å². The minimum absolute atomic E-state index is 0.0617. The molecule has 4 rings (SSSR count). The zero-order valence-electron chi connectivity index (χ0n) is 14.9. The third-order valence-corrected chi connectivity index (χ3v) is 4.86. The van der Waals surface area contributed by atoms with Crippen LogP contribution >= 0.6 is 0 Å². The minimum atomic E-state index is -0.490. The van der Waals surface area contributed by atoms with Gasteiger partial charge in [0.2, 0.25) is 0 Å². The highest BCUT2D eigenvalue weighted by Crippen LogP contribution is 2.29. The number of carbonyl (C=O) groups is 2. The quantitative estimate of drug-likeness (QED) is 0.557. The number of hydrogen-bond donors (Lipinski definition) is 1. The predicted octanol–water partition coefficient (Wildman–Crippen LogP) is 3.45. The molecule has 1 atom stereocenters. The second-order valence-corrected chi connectivity index (χ2v) is 6.71. The SMILES string of the molecule is O=C(COC(=O)c1c2ccccc2cc2ccccc12)NCC1CCCO1. The van der Waals surface area contributed by atoms with Crippen LogP contribution in [-0.4, -0.2) is 37.7 Å². The number of fused-ring (bicyclic) bond motifs is 2. The average Bonchev–Trinajstić information content (AvgIpc) is 3.22. The number of amides is 1. The molecule has 3 aromatic rings. The fourth-order valence-electron chi connectivity index (χ4n) is 3.52. The van der Waals surface area contributed by atoms with Crippen LogP contribution in [0.2, 0.25) is 0 Å². The third kappa shape index (κ3) is 3.78. The maximum atomic E-state index is 12.8. The lowest BCUT2D eigenvalue weighted by atomic mass is 9.97. The molecule has 0 aliphatic carbocycles. The van der Waals surface area contributed by atoms with Crippen LogP contribution < -0.4 is 5.32 Å². The van der Waals surface area contributed by atoms with Crippen molar-refractivity contribution >= 4 is 33.4 Å². The van der Waals surface area contributed by atoms with Gasteiger partial charge in [-0.25, -0.2) is 4.79 Å². The molecule has 1 unspecified atom stereocenters. The van der Waals surface area contributed by atoms with Gasteiger partial charge in [0, 0.05) is 13.2 Å². The summed E-state index contributed by atoms with van der Waals surface area (Å²) in [6.07, 6.45) is 2.03. The Morgan fingerprint density at radius 1 is 1.04 bits per heavy atom. The van der Waals surface area contributed by atoms with Gasteiger partial charge in [-0.1, -0.05) is 48.5 Å². The van der Waals surface area contributed by atoms with Gasteiger partial charge in [-0.05, 0) is 40.5 Å². The molecule has 0 bridgehead atoms. The van der Waals surface area contributed by atoms with E-state index in [0.717, 1.165) is 41.0 Å². The van der Waals surface area contributed by atoms with E-state index in [1.807, 2.05) is 48.5 Å². The van der Waals surface area contributed by atoms with Crippen LogP contribution in [0.1, 0.15) is 23.2 Å². The van der Waals surface area contributed by atoms with Gasteiger partial charge in [0.15, 0.2) is 6.61 Å². The number of benzene rings is 3. The molecule has 27 heavy (non-hydrogen) atoms. The highest BCUT2D eigenvalue weighted by molar-refractivity contribution is 6.16. The second kappa shape index (κ2) is 7.76. The molecule has 5 heteroatoms. The van der Waals surface area contributed by atoms with E-state index in [1.165, 1.54) is 0 Å². The van der Waals surface area contributed by atoms with Gasteiger partial charge in [-0.2, -0.15) is 0 Å². The van der Waals surface area contributed by atoms with Crippen molar-refractivity contribution in [2.45, 2.75) is 18.9 Å². The monoisotopic (exact) mass is 363 g/mol. The minimum Gasteiger partial charge on any atom is -0.452 e. The van der Waals surface area contributed by atoms with Gasteiger partial charge < -0.3 is 14.8 Å². The fourth-order valence-corrected chi connectivity index (χ4v) is 3.52. The molecule has 0 aromatic heterocycles. The first-order valence-corrected chi connectivity index (χ1v) is 9.18. The number of carbonyl (C=O) groups excluding carboxylic acids is 2. The Balaban J connectivity index is 1.52. The number of hydrogen-bond acceptors (Lipinski definition) is 4. The van der Waals surface area contributed by atoms with Crippen LogP contribution in [0.5, 0.6) is 0 Å². The highest BCUT2D eigenvalue weighted by atomic mass is 16.5. The molecule has 5 nitrogen and oxygen atoms in total. The zero-order valence-corrected chi connectivity index (χ0v) is 14.9. The first kappa shape index (κ1) is 17.5. The third-order valence-electron chi connectivity index (χ3n) is 4.86. The highest BCUT2D eigenvalue weighted by Gasteiger charge is 2.19. The van der Waals surface area contributed by atoms with Gasteiger partial charge in [-0.3, -0.25) is 4.79 Å². The lowest BCUT2D eigenvalue weighted by molar-refractivity contribution is -0.124. The summed E-state index contributed by atoms with van der Waals surface area (Å²) in [5.41, 5.74) is 0.496. The molecule has 138 valence electrons. The molecule has 1 amide bonds. The van der Waals surface area contributed by atoms with E-state index < -0.39 is 5.97 Å². The Morgan fingerprint density at radius 3 is 2.33 bits per heavy atom. The average molecular weight is 363 g/mol. The molecule has 1 aliphatic rings. The summed E-state index contributed by atoms with van der Waals surface area (Å²) >= 11 is 0. The summed E-state index contributed by atoms with van der Waals surface area (Å²) in [6.45, 7) is 0.889. The first-order chi connectivity index (χ1) is 13.2. The van der Waals surface area contributed by atoms with Crippen LogP contribution in [0.25, 0.3) is 21.5 Å². The largest absolute Gasteiger partial charge is 0.452 e. The van der Waals surface area contributed by atoms with Crippen molar-refractivity contribution in [1.82, 2.24) is 5.32 Å². The van der Waals surface area contributed by atoms with Crippen LogP contribution in [0.15, 0.2) is 54.6 Å². The van der Waals surface area contributed by atoms with E-state index in [-0.39, 0.29) is 18.6 Å². The van der Waals surface area contributed by atoms with E-state index in [4.69, 9.17) is 9.47 Å². The van der Waals surface area contributed by atoms with Crippen LogP contribution in [0, 0.1) is 0 Å². The summed E-state index contributed by atoms with van der Waals surface area (Å²) in [5, 5.41) is 6.33. The van der Waals surface area contributed by atoms with E-state index in [2.05, 4.69) is 11.4 Å². The van der Waals surface area contributed by atoms with Crippen molar-refractivity contribution in [3.05, 3.63) is 60.2 Å². The van der Waals surface area contributed by atoms with E-state index in [1.54, 1.807) is 0 Å². The molecular weight excluding hydrogens is 342 g/mol. The molecule has 1 N–H and O–H groups in total. The van der Waals surface area contributed by atoms with E-state index in [0.29, 0.717) is 12.1 Å². The molecular formula is C22H21NO4. The molecule has 1 saturated heterocycles. The summed E-state index contributed by atoms with van der Waals surface area (Å²) in [5.74, 6) is -0.807. The molecule has 3 aromatic carbocycles. The zero-order chi connectivity index (χ0) is 18.6. The molecule has 0 saturated carbocycles. The Morgan fingerprint density at radius 2 is 1.70 bits per heavy atom. The van der Waals surface area contributed by atoms with Crippen molar-refractivity contribution in [1.29, 1.82) is 0 Å². The van der Waals surface area contributed by atoms with E-state index >= 15 is 0 Å². The molecule has 1 aliphatic heterocycles. The van der Waals surface area contributed by atoms with E-state index in [9.17, 15) is 9.59 Å². The second-order valence-electron chi connectivity index (χ2n) is 6.71. The van der Waals surface area contributed by atoms with Crippen LogP contribution in [0.4, 0.5) is 0 Å². The van der Waals surface area contributed by atoms with Crippen molar-refractivity contribution in [3.63, 3.8) is 0 Å². The Labute approximate surface area is 157 Å². The summed E-state index contributed by atoms with van der Waals surface area (Å²) in [6, 6.07) is 17.4. The lowest BCUT2D eigenvalue weighted by Crippen LogP contribution is -2.34. The maximum Gasteiger partial charge on any atom is 0.339 e. The number of ether oxygens (including phenoxy) is 2. The molecule has 1 fully saturated rings. The summed E-state index contributed by atoms with van der Waals surface area (Å²) < 4.78 is 10.8. The smallest absolute Gasteiger partial charge is 0.339 e. The Bertz CT molecular complexity index is 938. The van der Waals surface area contributed by atoms with Crippen LogP contribution in [-0.2, 0) is 14.3 Å². The van der Waals surface area contributed by atoms with Crippen molar-refractivity contribution in [2.24, 2.45) is 0 Å². The van der Waals surface area contributed by atoms with Gasteiger partial charge in [0.05, 0.1) is 11.7 Å². The standard InChI is InChI=1S/C22H21NO4/c24-20(23-13-17-8-5-11-26-17)14-27-22(25)21-18-9-3-1-6-15(18)12-16-7-2-4-10-19(16)21/h1-4,6-7,9-10,12,17H,5,8,11,13-14H2,(H,23,24). The van der Waals surface area contributed by atoms with Gasteiger partial charge >= 0.3 is 5.97 Å². The van der Waals surface area contributed by atoms with Crippen molar-refractivity contribution < 1.29 is 19.1 Å². The van der Waals surface area contributed by atoms with Crippen molar-refractivity contribution in [3.8, 4) is 0 Å². The Hall–Kier alpha value is -2.92. The lowest BCUT2D eigenvalue weighted by Gasteiger charge is -2.13. The summed E-state index contributed by atoms with van der Waals surface area (Å²) in [4.78, 5) is 24.8. The maximum absolute atomic E-state index is 12.8. The molecule has 1 heterocycles. The van der Waals surface area contributed by atoms with Crippen LogP contribution in [0.3, 0.4) is 0 Å². The first-order valence-electron chi connectivity index (χ1n) is 9.18. The number of rotatable bonds is 5. The number of esters is 1. The Kier molecular flexibility index (Phi) is 5.03.